The zero-order chi connectivity index (χ0) is 15.4. The molecule has 2 aromatic carbocycles. The molecular formula is C19H18N2O. The van der Waals surface area contributed by atoms with Gasteiger partial charge in [0, 0.05) is 18.1 Å². The molecule has 3 rings (SSSR count). The maximum Gasteiger partial charge on any atom is 0.224 e. The van der Waals surface area contributed by atoms with Crippen LogP contribution in [0, 0.1) is 6.92 Å². The first kappa shape index (κ1) is 14.3. The summed E-state index contributed by atoms with van der Waals surface area (Å²) in [5.74, 6) is 0.0136. The highest BCUT2D eigenvalue weighted by Gasteiger charge is 2.07. The molecule has 1 amide bonds. The first-order valence-electron chi connectivity index (χ1n) is 7.37. The summed E-state index contributed by atoms with van der Waals surface area (Å²) in [7, 11) is 0. The van der Waals surface area contributed by atoms with Crippen LogP contribution in [0.4, 0.5) is 0 Å². The van der Waals surface area contributed by atoms with Crippen molar-refractivity contribution in [3.63, 3.8) is 0 Å². The molecule has 0 saturated heterocycles. The number of hydrogen-bond donors (Lipinski definition) is 1. The maximum absolute atomic E-state index is 12.2. The second kappa shape index (κ2) is 6.39. The average Bonchev–Trinajstić information content (AvgIpc) is 2.53. The van der Waals surface area contributed by atoms with E-state index >= 15 is 0 Å². The van der Waals surface area contributed by atoms with Crippen molar-refractivity contribution >= 4 is 16.8 Å². The van der Waals surface area contributed by atoms with E-state index in [0.29, 0.717) is 13.0 Å². The Morgan fingerprint density at radius 3 is 2.77 bits per heavy atom. The van der Waals surface area contributed by atoms with Gasteiger partial charge in [-0.2, -0.15) is 0 Å². The number of carbonyl (C=O) groups excluding carboxylic acids is 1. The molecule has 0 radical (unpaired) electrons. The minimum Gasteiger partial charge on any atom is -0.352 e. The largest absolute Gasteiger partial charge is 0.352 e. The van der Waals surface area contributed by atoms with Gasteiger partial charge in [-0.25, -0.2) is 0 Å². The number of hydrogen-bond acceptors (Lipinski definition) is 2. The lowest BCUT2D eigenvalue weighted by atomic mass is 10.1. The van der Waals surface area contributed by atoms with Crippen molar-refractivity contribution in [2.75, 3.05) is 0 Å². The highest BCUT2D eigenvalue weighted by molar-refractivity contribution is 5.87. The van der Waals surface area contributed by atoms with Gasteiger partial charge in [-0.3, -0.25) is 9.78 Å². The van der Waals surface area contributed by atoms with Crippen LogP contribution in [0.15, 0.2) is 60.8 Å². The molecule has 0 unspecified atom stereocenters. The molecule has 110 valence electrons. The van der Waals surface area contributed by atoms with Crippen molar-refractivity contribution in [1.29, 1.82) is 0 Å². The first-order valence-corrected chi connectivity index (χ1v) is 7.37. The van der Waals surface area contributed by atoms with E-state index < -0.39 is 0 Å². The molecule has 3 heteroatoms. The number of fused-ring (bicyclic) bond motifs is 1. The monoisotopic (exact) mass is 290 g/mol. The molecule has 0 atom stereocenters. The highest BCUT2D eigenvalue weighted by atomic mass is 16.1. The molecule has 0 spiro atoms. The maximum atomic E-state index is 12.2. The van der Waals surface area contributed by atoms with E-state index in [4.69, 9.17) is 0 Å². The number of amides is 1. The van der Waals surface area contributed by atoms with Crippen molar-refractivity contribution in [2.24, 2.45) is 0 Å². The summed E-state index contributed by atoms with van der Waals surface area (Å²) in [5, 5.41) is 4.03. The van der Waals surface area contributed by atoms with Crippen molar-refractivity contribution in [3.8, 4) is 0 Å². The lowest BCUT2D eigenvalue weighted by molar-refractivity contribution is -0.120. The molecule has 1 N–H and O–H groups in total. The lowest BCUT2D eigenvalue weighted by Crippen LogP contribution is -2.24. The number of rotatable bonds is 4. The van der Waals surface area contributed by atoms with Gasteiger partial charge in [0.15, 0.2) is 0 Å². The number of carbonyl (C=O) groups is 1. The summed E-state index contributed by atoms with van der Waals surface area (Å²) in [6.07, 6.45) is 2.11. The van der Waals surface area contributed by atoms with Gasteiger partial charge >= 0.3 is 0 Å². The second-order valence-electron chi connectivity index (χ2n) is 5.43. The van der Waals surface area contributed by atoms with Crippen LogP contribution in [-0.2, 0) is 17.8 Å². The van der Waals surface area contributed by atoms with Crippen LogP contribution in [0.3, 0.4) is 0 Å². The van der Waals surface area contributed by atoms with E-state index in [2.05, 4.69) is 16.4 Å². The summed E-state index contributed by atoms with van der Waals surface area (Å²) < 4.78 is 0. The quantitative estimate of drug-likeness (QED) is 0.800. The molecule has 0 fully saturated rings. The van der Waals surface area contributed by atoms with Crippen LogP contribution in [0.1, 0.15) is 16.7 Å². The fraction of sp³-hybridized carbons (Fsp3) is 0.158. The number of benzene rings is 2. The normalized spacial score (nSPS) is 10.6. The summed E-state index contributed by atoms with van der Waals surface area (Å²) in [4.78, 5) is 16.6. The van der Waals surface area contributed by atoms with Crippen molar-refractivity contribution < 1.29 is 4.79 Å². The number of aryl methyl sites for hydroxylation is 1. The number of nitrogens with zero attached hydrogens (tertiary/aromatic N) is 1. The summed E-state index contributed by atoms with van der Waals surface area (Å²) in [5.41, 5.74) is 4.17. The Morgan fingerprint density at radius 1 is 1.09 bits per heavy atom. The Kier molecular flexibility index (Phi) is 4.15. The molecule has 0 saturated carbocycles. The van der Waals surface area contributed by atoms with E-state index in [1.54, 1.807) is 6.20 Å². The van der Waals surface area contributed by atoms with Crippen LogP contribution in [0.25, 0.3) is 10.9 Å². The predicted octanol–water partition coefficient (Wildman–Crippen LogP) is 3.40. The molecule has 3 aromatic rings. The van der Waals surface area contributed by atoms with Gasteiger partial charge in [0.2, 0.25) is 5.91 Å². The number of aromatic nitrogens is 1. The minimum absolute atomic E-state index is 0.0136. The summed E-state index contributed by atoms with van der Waals surface area (Å²) >= 11 is 0. The van der Waals surface area contributed by atoms with Gasteiger partial charge in [-0.15, -0.1) is 0 Å². The molecule has 0 aliphatic heterocycles. The van der Waals surface area contributed by atoms with E-state index in [-0.39, 0.29) is 5.91 Å². The Bertz CT molecular complexity index is 806. The molecule has 3 nitrogen and oxygen atoms in total. The molecule has 1 aromatic heterocycles. The van der Waals surface area contributed by atoms with Gasteiger partial charge in [-0.1, -0.05) is 54.1 Å². The summed E-state index contributed by atoms with van der Waals surface area (Å²) in [6.45, 7) is 2.60. The first-order chi connectivity index (χ1) is 10.7. The van der Waals surface area contributed by atoms with Crippen molar-refractivity contribution in [3.05, 3.63) is 77.5 Å². The standard InChI is InChI=1S/C19H18N2O/c1-14-5-2-6-15(11-14)13-21-18(22)12-17-8-3-7-16-9-4-10-20-19(16)17/h2-11H,12-13H2,1H3,(H,21,22). The molecular weight excluding hydrogens is 272 g/mol. The van der Waals surface area contributed by atoms with Gasteiger partial charge in [0.1, 0.15) is 0 Å². The Balaban J connectivity index is 1.68. The van der Waals surface area contributed by atoms with Crippen molar-refractivity contribution in [1.82, 2.24) is 10.3 Å². The van der Waals surface area contributed by atoms with E-state index in [1.165, 1.54) is 5.56 Å². The molecule has 22 heavy (non-hydrogen) atoms. The molecule has 0 bridgehead atoms. The SMILES string of the molecule is Cc1cccc(CNC(=O)Cc2cccc3cccnc23)c1. The van der Waals surface area contributed by atoms with Crippen LogP contribution in [-0.4, -0.2) is 10.9 Å². The van der Waals surface area contributed by atoms with Crippen LogP contribution in [0.5, 0.6) is 0 Å². The Hall–Kier alpha value is -2.68. The van der Waals surface area contributed by atoms with Gasteiger partial charge in [0.25, 0.3) is 0 Å². The lowest BCUT2D eigenvalue weighted by Gasteiger charge is -2.08. The number of pyridine rings is 1. The highest BCUT2D eigenvalue weighted by Crippen LogP contribution is 2.16. The third-order valence-electron chi connectivity index (χ3n) is 3.64. The van der Waals surface area contributed by atoms with Crippen molar-refractivity contribution in [2.45, 2.75) is 19.9 Å². The Morgan fingerprint density at radius 2 is 1.91 bits per heavy atom. The van der Waals surface area contributed by atoms with Crippen LogP contribution in [0.2, 0.25) is 0 Å². The van der Waals surface area contributed by atoms with Crippen LogP contribution < -0.4 is 5.32 Å². The zero-order valence-corrected chi connectivity index (χ0v) is 12.5. The van der Waals surface area contributed by atoms with E-state index in [9.17, 15) is 4.79 Å². The topological polar surface area (TPSA) is 42.0 Å². The smallest absolute Gasteiger partial charge is 0.224 e. The molecule has 1 heterocycles. The molecule has 0 aliphatic carbocycles. The summed E-state index contributed by atoms with van der Waals surface area (Å²) in [6, 6.07) is 18.0. The van der Waals surface area contributed by atoms with Gasteiger partial charge < -0.3 is 5.32 Å². The fourth-order valence-corrected chi connectivity index (χ4v) is 2.57. The van der Waals surface area contributed by atoms with E-state index in [0.717, 1.165) is 22.0 Å². The predicted molar refractivity (Wildman–Crippen MR) is 88.5 cm³/mol. The van der Waals surface area contributed by atoms with Gasteiger partial charge in [0.05, 0.1) is 11.9 Å². The number of nitrogens with one attached hydrogen (secondary N) is 1. The number of para-hydroxylation sites is 1. The zero-order valence-electron chi connectivity index (χ0n) is 12.5. The van der Waals surface area contributed by atoms with E-state index in [1.807, 2.05) is 55.5 Å². The fourth-order valence-electron chi connectivity index (χ4n) is 2.57. The van der Waals surface area contributed by atoms with Gasteiger partial charge in [-0.05, 0) is 24.1 Å². The minimum atomic E-state index is 0.0136. The Labute approximate surface area is 130 Å². The average molecular weight is 290 g/mol. The van der Waals surface area contributed by atoms with Crippen LogP contribution >= 0.6 is 0 Å². The third kappa shape index (κ3) is 3.31. The third-order valence-corrected chi connectivity index (χ3v) is 3.64. The molecule has 0 aliphatic rings. The second-order valence-corrected chi connectivity index (χ2v) is 5.43.